The van der Waals surface area contributed by atoms with Crippen LogP contribution in [0.4, 0.5) is 0 Å². The fourth-order valence-corrected chi connectivity index (χ4v) is 14.2. The number of rotatable bonds is 7. The molecular weight excluding hydrogens is 1020 g/mol. The smallest absolute Gasteiger partial charge is 0.160 e. The molecule has 0 radical (unpaired) electrons. The summed E-state index contributed by atoms with van der Waals surface area (Å²) in [6.07, 6.45) is 0. The molecule has 17 rings (SSSR count). The maximum Gasteiger partial charge on any atom is 0.160 e. The Labute approximate surface area is 486 Å². The monoisotopic (exact) mass is 1070 g/mol. The highest BCUT2D eigenvalue weighted by molar-refractivity contribution is 6.27. The van der Waals surface area contributed by atoms with E-state index in [1.165, 1.54) is 104 Å². The number of aromatic nitrogens is 4. The van der Waals surface area contributed by atoms with Crippen LogP contribution >= 0.6 is 0 Å². The summed E-state index contributed by atoms with van der Waals surface area (Å²) in [6.45, 7) is 4.50. The lowest BCUT2D eigenvalue weighted by Crippen LogP contribution is -2.28. The fraction of sp³-hybridized carbons (Fsp3) is 0.0500. The van der Waals surface area contributed by atoms with Crippen LogP contribution in [0.5, 0.6) is 0 Å². The van der Waals surface area contributed by atoms with Gasteiger partial charge in [0.2, 0.25) is 0 Å². The zero-order valence-corrected chi connectivity index (χ0v) is 46.3. The van der Waals surface area contributed by atoms with Gasteiger partial charge in [-0.15, -0.1) is 0 Å². The van der Waals surface area contributed by atoms with E-state index in [-0.39, 0.29) is 0 Å². The van der Waals surface area contributed by atoms with Gasteiger partial charge < -0.3 is 0 Å². The van der Waals surface area contributed by atoms with Gasteiger partial charge in [-0.3, -0.25) is 0 Å². The van der Waals surface area contributed by atoms with E-state index < -0.39 is 5.41 Å². The highest BCUT2D eigenvalue weighted by Gasteiger charge is 2.46. The number of nitrogens with zero attached hydrogens (tertiary/aromatic N) is 4. The Morgan fingerprint density at radius 1 is 0.262 bits per heavy atom. The van der Waals surface area contributed by atoms with E-state index in [9.17, 15) is 0 Å². The molecule has 0 bridgehead atoms. The lowest BCUT2D eigenvalue weighted by molar-refractivity contribution is 0.769. The molecule has 0 N–H and O–H groups in total. The molecule has 0 aliphatic heterocycles. The van der Waals surface area contributed by atoms with Crippen molar-refractivity contribution >= 4 is 86.4 Å². The highest BCUT2D eigenvalue weighted by Crippen LogP contribution is 2.58. The van der Waals surface area contributed by atoms with Crippen LogP contribution < -0.4 is 0 Å². The molecule has 14 aromatic carbocycles. The van der Waals surface area contributed by atoms with Gasteiger partial charge in [-0.05, 0) is 146 Å². The summed E-state index contributed by atoms with van der Waals surface area (Å²) in [7, 11) is 0. The molecular formula is C80H52N4. The second-order valence-corrected chi connectivity index (χ2v) is 22.9. The number of para-hydroxylation sites is 1. The molecule has 0 spiro atoms. The Hall–Kier alpha value is -10.7. The van der Waals surface area contributed by atoms with E-state index in [1.54, 1.807) is 0 Å². The molecule has 0 atom stereocenters. The van der Waals surface area contributed by atoms with Gasteiger partial charge in [-0.2, -0.15) is 0 Å². The van der Waals surface area contributed by atoms with Crippen molar-refractivity contribution in [2.24, 2.45) is 0 Å². The van der Waals surface area contributed by atoms with Crippen molar-refractivity contribution in [3.05, 3.63) is 301 Å². The number of hydrogen-bond acceptors (Lipinski definition) is 4. The molecule has 392 valence electrons. The van der Waals surface area contributed by atoms with Gasteiger partial charge in [0, 0.05) is 33.0 Å². The molecule has 84 heavy (non-hydrogen) atoms. The standard InChI is InChI=1S/C80H52N4/c1-48(2)49-33-42-69-75(47-49)82-78(52-36-39-65-61-28-12-10-24-57(61)59-26-14-16-30-63(59)71(65)44-52)84-77(69)51-35-40-66-67-41-37-53(46-73(67)80(72(66)45-51,54-19-5-3-6-20-54)55-21-7-4-8-22-55)79-81-74-32-18-17-31-68(74)76(83-79)50-34-38-64-60-27-11-9-23-56(60)58-25-13-15-29-62(58)70(64)43-50/h3-48H,1-2H3. The molecule has 2 aromatic heterocycles. The Morgan fingerprint density at radius 2 is 0.607 bits per heavy atom. The first-order valence-corrected chi connectivity index (χ1v) is 29.1. The second-order valence-electron chi connectivity index (χ2n) is 22.9. The molecule has 0 amide bonds. The first kappa shape index (κ1) is 48.1. The third-order valence-electron chi connectivity index (χ3n) is 18.1. The van der Waals surface area contributed by atoms with Crippen molar-refractivity contribution in [3.63, 3.8) is 0 Å². The molecule has 0 unspecified atom stereocenters. The third-order valence-corrected chi connectivity index (χ3v) is 18.1. The van der Waals surface area contributed by atoms with Crippen molar-refractivity contribution < 1.29 is 0 Å². The van der Waals surface area contributed by atoms with Crippen LogP contribution in [0.1, 0.15) is 47.6 Å². The molecule has 2 heterocycles. The van der Waals surface area contributed by atoms with Gasteiger partial charge in [0.25, 0.3) is 0 Å². The van der Waals surface area contributed by atoms with E-state index in [4.69, 9.17) is 19.9 Å². The summed E-state index contributed by atoms with van der Waals surface area (Å²) in [4.78, 5) is 22.1. The van der Waals surface area contributed by atoms with Crippen LogP contribution in [0.3, 0.4) is 0 Å². The van der Waals surface area contributed by atoms with Crippen LogP contribution in [0.25, 0.3) is 143 Å². The molecule has 1 aliphatic rings. The summed E-state index contributed by atoms with van der Waals surface area (Å²) in [6, 6.07) is 99.9. The van der Waals surface area contributed by atoms with Crippen LogP contribution in [-0.4, -0.2) is 19.9 Å². The zero-order valence-electron chi connectivity index (χ0n) is 46.3. The van der Waals surface area contributed by atoms with Gasteiger partial charge in [-0.1, -0.05) is 250 Å². The molecule has 4 nitrogen and oxygen atoms in total. The minimum atomic E-state index is -0.736. The zero-order chi connectivity index (χ0) is 55.6. The maximum atomic E-state index is 5.66. The van der Waals surface area contributed by atoms with Crippen molar-refractivity contribution in [3.8, 4) is 56.4 Å². The third kappa shape index (κ3) is 7.20. The van der Waals surface area contributed by atoms with Gasteiger partial charge in [-0.25, -0.2) is 19.9 Å². The van der Waals surface area contributed by atoms with Gasteiger partial charge in [0.05, 0.1) is 27.8 Å². The number of hydrogen-bond donors (Lipinski definition) is 0. The topological polar surface area (TPSA) is 51.6 Å². The maximum absolute atomic E-state index is 5.66. The van der Waals surface area contributed by atoms with E-state index in [2.05, 4.69) is 287 Å². The summed E-state index contributed by atoms with van der Waals surface area (Å²) in [5.74, 6) is 1.70. The minimum absolute atomic E-state index is 0.324. The molecule has 0 saturated heterocycles. The van der Waals surface area contributed by atoms with Crippen LogP contribution in [0.2, 0.25) is 0 Å². The van der Waals surface area contributed by atoms with Crippen molar-refractivity contribution in [2.75, 3.05) is 0 Å². The van der Waals surface area contributed by atoms with E-state index >= 15 is 0 Å². The minimum Gasteiger partial charge on any atom is -0.228 e. The van der Waals surface area contributed by atoms with E-state index in [0.29, 0.717) is 17.6 Å². The van der Waals surface area contributed by atoms with Gasteiger partial charge in [0.1, 0.15) is 0 Å². The van der Waals surface area contributed by atoms with Crippen LogP contribution in [-0.2, 0) is 5.41 Å². The SMILES string of the molecule is CC(C)c1ccc2c(-c3ccc4c(c3)C(c3ccccc3)(c3ccccc3)c3cc(-c5nc(-c6ccc7c8ccccc8c8ccccc8c7c6)c6ccccc6n5)ccc3-4)nc(-c3ccc4c5ccccc5c5ccccc5c4c3)nc2c1. The summed E-state index contributed by atoms with van der Waals surface area (Å²) in [5, 5.41) is 16.8. The predicted octanol–water partition coefficient (Wildman–Crippen LogP) is 20.6. The number of benzene rings is 14. The first-order valence-electron chi connectivity index (χ1n) is 29.1. The van der Waals surface area contributed by atoms with Crippen LogP contribution in [0, 0.1) is 0 Å². The normalized spacial score (nSPS) is 12.8. The van der Waals surface area contributed by atoms with E-state index in [1.807, 2.05) is 0 Å². The van der Waals surface area contributed by atoms with Crippen molar-refractivity contribution in [1.82, 2.24) is 19.9 Å². The van der Waals surface area contributed by atoms with Crippen LogP contribution in [0.15, 0.2) is 273 Å². The molecule has 1 aliphatic carbocycles. The molecule has 0 fully saturated rings. The van der Waals surface area contributed by atoms with Gasteiger partial charge in [0.15, 0.2) is 11.6 Å². The van der Waals surface area contributed by atoms with Crippen molar-refractivity contribution in [2.45, 2.75) is 25.2 Å². The average molecular weight is 1070 g/mol. The molecule has 16 aromatic rings. The van der Waals surface area contributed by atoms with Gasteiger partial charge >= 0.3 is 0 Å². The Kier molecular flexibility index (Phi) is 10.7. The molecule has 0 saturated carbocycles. The number of fused-ring (bicyclic) bond motifs is 17. The average Bonchev–Trinajstić information content (AvgIpc) is 2.08. The summed E-state index contributed by atoms with van der Waals surface area (Å²) in [5.41, 5.74) is 15.2. The Bertz CT molecular complexity index is 5300. The summed E-state index contributed by atoms with van der Waals surface area (Å²) < 4.78 is 0. The quantitative estimate of drug-likeness (QED) is 0.149. The Morgan fingerprint density at radius 3 is 1.12 bits per heavy atom. The summed E-state index contributed by atoms with van der Waals surface area (Å²) >= 11 is 0. The Balaban J connectivity index is 0.869. The largest absolute Gasteiger partial charge is 0.228 e. The highest BCUT2D eigenvalue weighted by atomic mass is 14.9. The van der Waals surface area contributed by atoms with Crippen molar-refractivity contribution in [1.29, 1.82) is 0 Å². The lowest BCUT2D eigenvalue weighted by Gasteiger charge is -2.34. The fourth-order valence-electron chi connectivity index (χ4n) is 14.2. The lowest BCUT2D eigenvalue weighted by atomic mass is 9.67. The second kappa shape index (κ2) is 18.7. The van der Waals surface area contributed by atoms with E-state index in [0.717, 1.165) is 55.4 Å². The predicted molar refractivity (Wildman–Crippen MR) is 351 cm³/mol. The molecule has 4 heteroatoms. The first-order chi connectivity index (χ1) is 41.5.